The van der Waals surface area contributed by atoms with Crippen molar-refractivity contribution in [2.45, 2.75) is 0 Å². The number of carbonyl (C=O) groups is 1. The molecule has 0 saturated carbocycles. The number of H-pyrrole nitrogens is 1. The molecule has 6 heteroatoms. The molecule has 2 aromatic carbocycles. The lowest BCUT2D eigenvalue weighted by Crippen LogP contribution is -1.96. The van der Waals surface area contributed by atoms with Gasteiger partial charge in [0.05, 0.1) is 25.3 Å². The number of fused-ring (bicyclic) bond motifs is 1. The molecule has 0 aliphatic heterocycles. The van der Waals surface area contributed by atoms with Gasteiger partial charge in [-0.3, -0.25) is 5.10 Å². The maximum atomic E-state index is 11.3. The Morgan fingerprint density at radius 1 is 1.18 bits per heavy atom. The van der Waals surface area contributed by atoms with Crippen molar-refractivity contribution in [1.82, 2.24) is 10.2 Å². The van der Waals surface area contributed by atoms with E-state index in [9.17, 15) is 9.90 Å². The number of nitrogens with zero attached hydrogens (tertiary/aromatic N) is 1. The van der Waals surface area contributed by atoms with Crippen LogP contribution in [0.1, 0.15) is 10.4 Å². The Balaban J connectivity index is 2.27. The van der Waals surface area contributed by atoms with Gasteiger partial charge in [-0.25, -0.2) is 4.79 Å². The molecule has 3 aromatic rings. The molecule has 22 heavy (non-hydrogen) atoms. The number of rotatable bonds is 4. The number of aromatic nitrogens is 2. The number of para-hydroxylation sites is 1. The molecule has 3 rings (SSSR count). The van der Waals surface area contributed by atoms with Gasteiger partial charge >= 0.3 is 5.97 Å². The van der Waals surface area contributed by atoms with E-state index in [2.05, 4.69) is 10.2 Å². The first-order valence-corrected chi connectivity index (χ1v) is 6.58. The van der Waals surface area contributed by atoms with Crippen molar-refractivity contribution < 1.29 is 19.4 Å². The van der Waals surface area contributed by atoms with E-state index < -0.39 is 5.97 Å². The van der Waals surface area contributed by atoms with Gasteiger partial charge < -0.3 is 14.6 Å². The quantitative estimate of drug-likeness (QED) is 0.773. The minimum atomic E-state index is -1.00. The number of carboxylic acid groups (broad SMARTS) is 1. The minimum absolute atomic E-state index is 0.179. The Labute approximate surface area is 126 Å². The van der Waals surface area contributed by atoms with E-state index in [1.54, 1.807) is 32.4 Å². The van der Waals surface area contributed by atoms with Crippen LogP contribution in [0.25, 0.3) is 22.2 Å². The van der Waals surface area contributed by atoms with Gasteiger partial charge in [-0.05, 0) is 24.3 Å². The predicted octanol–water partition coefficient (Wildman–Crippen LogP) is 2.95. The van der Waals surface area contributed by atoms with Crippen LogP contribution in [0.5, 0.6) is 11.5 Å². The third-order valence-corrected chi connectivity index (χ3v) is 3.49. The van der Waals surface area contributed by atoms with E-state index in [1.165, 1.54) is 6.07 Å². The summed E-state index contributed by atoms with van der Waals surface area (Å²) in [4.78, 5) is 11.3. The monoisotopic (exact) mass is 298 g/mol. The van der Waals surface area contributed by atoms with Crippen LogP contribution in [-0.4, -0.2) is 35.5 Å². The van der Waals surface area contributed by atoms with E-state index in [4.69, 9.17) is 9.47 Å². The van der Waals surface area contributed by atoms with Crippen LogP contribution in [0.2, 0.25) is 0 Å². The highest BCUT2D eigenvalue weighted by molar-refractivity contribution is 6.06. The summed E-state index contributed by atoms with van der Waals surface area (Å²) in [5.41, 5.74) is 2.01. The van der Waals surface area contributed by atoms with Crippen molar-refractivity contribution in [1.29, 1.82) is 0 Å². The second kappa shape index (κ2) is 5.40. The molecule has 1 aromatic heterocycles. The summed E-state index contributed by atoms with van der Waals surface area (Å²) in [5.74, 6) is 0.301. The fourth-order valence-electron chi connectivity index (χ4n) is 2.42. The molecule has 0 bridgehead atoms. The first-order valence-electron chi connectivity index (χ1n) is 6.58. The molecule has 0 amide bonds. The molecular formula is C16H14N2O4. The smallest absolute Gasteiger partial charge is 0.337 e. The normalized spacial score (nSPS) is 10.6. The van der Waals surface area contributed by atoms with Crippen LogP contribution in [0.15, 0.2) is 36.4 Å². The van der Waals surface area contributed by atoms with Crippen molar-refractivity contribution in [3.63, 3.8) is 0 Å². The first-order chi connectivity index (χ1) is 10.7. The van der Waals surface area contributed by atoms with Crippen LogP contribution < -0.4 is 9.47 Å². The molecule has 112 valence electrons. The number of aromatic amines is 1. The number of ether oxygens (including phenoxy) is 2. The summed E-state index contributed by atoms with van der Waals surface area (Å²) in [5, 5.41) is 17.0. The van der Waals surface area contributed by atoms with Crippen LogP contribution in [0.3, 0.4) is 0 Å². The topological polar surface area (TPSA) is 84.4 Å². The van der Waals surface area contributed by atoms with Gasteiger partial charge in [-0.15, -0.1) is 0 Å². The van der Waals surface area contributed by atoms with E-state index >= 15 is 0 Å². The van der Waals surface area contributed by atoms with Gasteiger partial charge in [0.15, 0.2) is 0 Å². The molecule has 0 radical (unpaired) electrons. The SMILES string of the molecule is COc1ccc(OC)c(-c2n[nH]c3c(C(=O)O)cccc23)c1. The van der Waals surface area contributed by atoms with E-state index in [0.717, 1.165) is 5.56 Å². The third kappa shape index (κ3) is 2.14. The maximum Gasteiger partial charge on any atom is 0.337 e. The zero-order chi connectivity index (χ0) is 15.7. The van der Waals surface area contributed by atoms with Crippen LogP contribution >= 0.6 is 0 Å². The lowest BCUT2D eigenvalue weighted by Gasteiger charge is -2.09. The highest BCUT2D eigenvalue weighted by atomic mass is 16.5. The highest BCUT2D eigenvalue weighted by Crippen LogP contribution is 2.36. The second-order valence-corrected chi connectivity index (χ2v) is 4.67. The van der Waals surface area contributed by atoms with Gasteiger partial charge in [0.25, 0.3) is 0 Å². The number of carboxylic acids is 1. The Kier molecular flexibility index (Phi) is 3.42. The number of benzene rings is 2. The number of aromatic carboxylic acids is 1. The molecule has 6 nitrogen and oxygen atoms in total. The average molecular weight is 298 g/mol. The van der Waals surface area contributed by atoms with Crippen molar-refractivity contribution in [2.24, 2.45) is 0 Å². The first kappa shape index (κ1) is 13.9. The standard InChI is InChI=1S/C16H14N2O4/c1-21-9-6-7-13(22-2)12(8-9)15-10-4-3-5-11(16(19)20)14(10)17-18-15/h3-8H,1-2H3,(H,17,18)(H,19,20). The number of methoxy groups -OCH3 is 2. The summed E-state index contributed by atoms with van der Waals surface area (Å²) < 4.78 is 10.6. The zero-order valence-corrected chi connectivity index (χ0v) is 12.1. The largest absolute Gasteiger partial charge is 0.497 e. The maximum absolute atomic E-state index is 11.3. The summed E-state index contributed by atoms with van der Waals surface area (Å²) in [7, 11) is 3.15. The van der Waals surface area contributed by atoms with Gasteiger partial charge in [0, 0.05) is 10.9 Å². The summed E-state index contributed by atoms with van der Waals surface area (Å²) in [6.45, 7) is 0. The van der Waals surface area contributed by atoms with E-state index in [0.29, 0.717) is 28.1 Å². The number of hydrogen-bond donors (Lipinski definition) is 2. The molecule has 0 spiro atoms. The minimum Gasteiger partial charge on any atom is -0.497 e. The highest BCUT2D eigenvalue weighted by Gasteiger charge is 2.17. The lowest BCUT2D eigenvalue weighted by molar-refractivity contribution is 0.0699. The predicted molar refractivity (Wildman–Crippen MR) is 81.6 cm³/mol. The summed E-state index contributed by atoms with van der Waals surface area (Å²) in [6.07, 6.45) is 0. The summed E-state index contributed by atoms with van der Waals surface area (Å²) in [6, 6.07) is 10.4. The molecule has 0 fully saturated rings. The Morgan fingerprint density at radius 2 is 2.00 bits per heavy atom. The fourth-order valence-corrected chi connectivity index (χ4v) is 2.42. The van der Waals surface area contributed by atoms with Gasteiger partial charge in [0.2, 0.25) is 0 Å². The molecule has 2 N–H and O–H groups in total. The van der Waals surface area contributed by atoms with Crippen molar-refractivity contribution in [3.05, 3.63) is 42.0 Å². The number of nitrogens with one attached hydrogen (secondary N) is 1. The van der Waals surface area contributed by atoms with Gasteiger partial charge in [-0.1, -0.05) is 12.1 Å². The zero-order valence-electron chi connectivity index (χ0n) is 12.1. The molecule has 0 unspecified atom stereocenters. The third-order valence-electron chi connectivity index (χ3n) is 3.49. The molecule has 0 atom stereocenters. The van der Waals surface area contributed by atoms with Crippen LogP contribution in [0.4, 0.5) is 0 Å². The molecule has 1 heterocycles. The Hall–Kier alpha value is -3.02. The molecular weight excluding hydrogens is 284 g/mol. The molecule has 0 saturated heterocycles. The van der Waals surface area contributed by atoms with Crippen LogP contribution in [0, 0.1) is 0 Å². The van der Waals surface area contributed by atoms with E-state index in [-0.39, 0.29) is 5.56 Å². The average Bonchev–Trinajstić information content (AvgIpc) is 2.97. The fraction of sp³-hybridized carbons (Fsp3) is 0.125. The molecule has 0 aliphatic rings. The Morgan fingerprint density at radius 3 is 2.68 bits per heavy atom. The number of hydrogen-bond acceptors (Lipinski definition) is 4. The van der Waals surface area contributed by atoms with Crippen LogP contribution in [-0.2, 0) is 0 Å². The van der Waals surface area contributed by atoms with Crippen molar-refractivity contribution >= 4 is 16.9 Å². The molecule has 0 aliphatic carbocycles. The van der Waals surface area contributed by atoms with Crippen molar-refractivity contribution in [2.75, 3.05) is 14.2 Å². The second-order valence-electron chi connectivity index (χ2n) is 4.67. The Bertz CT molecular complexity index is 854. The summed E-state index contributed by atoms with van der Waals surface area (Å²) >= 11 is 0. The van der Waals surface area contributed by atoms with E-state index in [1.807, 2.05) is 12.1 Å². The lowest BCUT2D eigenvalue weighted by atomic mass is 10.0. The van der Waals surface area contributed by atoms with Gasteiger partial charge in [-0.2, -0.15) is 5.10 Å². The van der Waals surface area contributed by atoms with Crippen molar-refractivity contribution in [3.8, 4) is 22.8 Å². The van der Waals surface area contributed by atoms with Gasteiger partial charge in [0.1, 0.15) is 17.2 Å².